The maximum Gasteiger partial charge on any atom is 0.326 e. The van der Waals surface area contributed by atoms with Gasteiger partial charge in [0, 0.05) is 6.42 Å². The van der Waals surface area contributed by atoms with Gasteiger partial charge in [0.15, 0.2) is 4.67 Å². The van der Waals surface area contributed by atoms with Crippen LogP contribution in [0.3, 0.4) is 0 Å². The topological polar surface area (TPSA) is 79.5 Å². The third kappa shape index (κ3) is 2.88. The van der Waals surface area contributed by atoms with Gasteiger partial charge >= 0.3 is 5.97 Å². The van der Waals surface area contributed by atoms with E-state index in [2.05, 4.69) is 21.2 Å². The molecule has 0 aliphatic rings. The lowest BCUT2D eigenvalue weighted by atomic mass is 10.2. The number of carboxylic acid groups (broad SMARTS) is 1. The minimum absolute atomic E-state index is 0.125. The summed E-state index contributed by atoms with van der Waals surface area (Å²) in [4.78, 5) is 20.7. The predicted molar refractivity (Wildman–Crippen MR) is 50.7 cm³/mol. The first-order valence-corrected chi connectivity index (χ1v) is 4.59. The summed E-state index contributed by atoms with van der Waals surface area (Å²) in [5.41, 5.74) is 0. The van der Waals surface area contributed by atoms with Crippen molar-refractivity contribution in [2.75, 3.05) is 0 Å². The van der Waals surface area contributed by atoms with E-state index in [1.807, 2.05) is 0 Å². The molecule has 0 saturated heterocycles. The largest absolute Gasteiger partial charge is 0.480 e. The molecule has 1 aromatic heterocycles. The van der Waals surface area contributed by atoms with E-state index in [0.29, 0.717) is 16.8 Å². The van der Waals surface area contributed by atoms with Crippen molar-refractivity contribution in [3.05, 3.63) is 22.6 Å². The van der Waals surface area contributed by atoms with Crippen molar-refractivity contribution in [1.82, 2.24) is 5.32 Å². The molecule has 1 amide bonds. The number of amides is 1. The van der Waals surface area contributed by atoms with Gasteiger partial charge in [-0.3, -0.25) is 4.79 Å². The number of carbonyl (C=O) groups excluding carboxylic acids is 1. The maximum absolute atomic E-state index is 10.6. The van der Waals surface area contributed by atoms with Crippen molar-refractivity contribution in [2.24, 2.45) is 0 Å². The van der Waals surface area contributed by atoms with Crippen molar-refractivity contribution < 1.29 is 19.1 Å². The van der Waals surface area contributed by atoms with E-state index in [1.165, 1.54) is 0 Å². The zero-order valence-corrected chi connectivity index (χ0v) is 8.65. The van der Waals surface area contributed by atoms with Crippen LogP contribution < -0.4 is 5.32 Å². The van der Waals surface area contributed by atoms with E-state index in [4.69, 9.17) is 9.52 Å². The molecule has 1 heterocycles. The molecule has 1 rings (SSSR count). The van der Waals surface area contributed by atoms with Crippen LogP contribution in [0.4, 0.5) is 0 Å². The van der Waals surface area contributed by atoms with Gasteiger partial charge in [-0.15, -0.1) is 0 Å². The maximum atomic E-state index is 10.6. The van der Waals surface area contributed by atoms with Crippen LogP contribution in [0.25, 0.3) is 0 Å². The standard InChI is InChI=1S/C8H8BrNO4/c9-7-2-1-5(14-7)3-6(8(12)13)10-4-11/h1-2,4,6H,3H2,(H,10,11)(H,12,13). The lowest BCUT2D eigenvalue weighted by Crippen LogP contribution is -2.37. The number of carbonyl (C=O) groups is 2. The summed E-state index contributed by atoms with van der Waals surface area (Å²) in [5.74, 6) is -0.594. The van der Waals surface area contributed by atoms with Crippen molar-refractivity contribution in [2.45, 2.75) is 12.5 Å². The molecule has 0 aliphatic heterocycles. The van der Waals surface area contributed by atoms with E-state index < -0.39 is 12.0 Å². The van der Waals surface area contributed by atoms with Gasteiger partial charge in [0.1, 0.15) is 11.8 Å². The second-order valence-corrected chi connectivity index (χ2v) is 3.37. The number of hydrogen-bond acceptors (Lipinski definition) is 3. The molecule has 6 heteroatoms. The van der Waals surface area contributed by atoms with Crippen molar-refractivity contribution >= 4 is 28.3 Å². The fourth-order valence-corrected chi connectivity index (χ4v) is 1.30. The first-order chi connectivity index (χ1) is 6.63. The fourth-order valence-electron chi connectivity index (χ4n) is 0.962. The lowest BCUT2D eigenvalue weighted by Gasteiger charge is -2.08. The molecule has 0 radical (unpaired) electrons. The average molecular weight is 262 g/mol. The highest BCUT2D eigenvalue weighted by molar-refractivity contribution is 9.10. The minimum Gasteiger partial charge on any atom is -0.480 e. The Morgan fingerprint density at radius 2 is 2.43 bits per heavy atom. The van der Waals surface area contributed by atoms with Crippen molar-refractivity contribution in [1.29, 1.82) is 0 Å². The van der Waals surface area contributed by atoms with Gasteiger partial charge in [0.05, 0.1) is 0 Å². The molecule has 0 spiro atoms. The van der Waals surface area contributed by atoms with Crippen LogP contribution >= 0.6 is 15.9 Å². The van der Waals surface area contributed by atoms with Crippen LogP contribution in [0.1, 0.15) is 5.76 Å². The number of furan rings is 1. The molecule has 14 heavy (non-hydrogen) atoms. The van der Waals surface area contributed by atoms with Crippen LogP contribution in [0.2, 0.25) is 0 Å². The lowest BCUT2D eigenvalue weighted by molar-refractivity contribution is -0.140. The van der Waals surface area contributed by atoms with Crippen LogP contribution in [-0.4, -0.2) is 23.5 Å². The average Bonchev–Trinajstić information content (AvgIpc) is 2.50. The van der Waals surface area contributed by atoms with Crippen LogP contribution in [-0.2, 0) is 16.0 Å². The number of rotatable bonds is 5. The molecule has 1 atom stereocenters. The molecule has 1 unspecified atom stereocenters. The van der Waals surface area contributed by atoms with E-state index >= 15 is 0 Å². The highest BCUT2D eigenvalue weighted by Gasteiger charge is 2.18. The van der Waals surface area contributed by atoms with Crippen molar-refractivity contribution in [3.63, 3.8) is 0 Å². The Morgan fingerprint density at radius 3 is 2.86 bits per heavy atom. The van der Waals surface area contributed by atoms with Gasteiger partial charge in [0.25, 0.3) is 0 Å². The Kier molecular flexibility index (Phi) is 3.70. The summed E-state index contributed by atoms with van der Waals surface area (Å²) in [5, 5.41) is 10.9. The van der Waals surface area contributed by atoms with Crippen molar-refractivity contribution in [3.8, 4) is 0 Å². The first kappa shape index (κ1) is 10.8. The summed E-state index contributed by atoms with van der Waals surface area (Å²) in [6.07, 6.45) is 0.483. The zero-order chi connectivity index (χ0) is 10.6. The Bertz CT molecular complexity index is 336. The van der Waals surface area contributed by atoms with Crippen LogP contribution in [0, 0.1) is 0 Å². The summed E-state index contributed by atoms with van der Waals surface area (Å²) in [7, 11) is 0. The number of hydrogen-bond donors (Lipinski definition) is 2. The van der Waals surface area contributed by atoms with Crippen LogP contribution in [0.15, 0.2) is 21.2 Å². The van der Waals surface area contributed by atoms with Gasteiger partial charge in [-0.05, 0) is 28.1 Å². The summed E-state index contributed by atoms with van der Waals surface area (Å²) in [6, 6.07) is 2.35. The SMILES string of the molecule is O=CNC(Cc1ccc(Br)o1)C(=O)O. The molecule has 0 aliphatic carbocycles. The molecule has 0 bridgehead atoms. The van der Waals surface area contributed by atoms with Gasteiger partial charge in [-0.2, -0.15) is 0 Å². The summed E-state index contributed by atoms with van der Waals surface area (Å²) in [6.45, 7) is 0. The summed E-state index contributed by atoms with van der Waals surface area (Å²) >= 11 is 3.09. The quantitative estimate of drug-likeness (QED) is 0.768. The monoisotopic (exact) mass is 261 g/mol. The number of aliphatic carboxylic acids is 1. The number of halogens is 1. The van der Waals surface area contributed by atoms with E-state index in [0.717, 1.165) is 0 Å². The highest BCUT2D eigenvalue weighted by atomic mass is 79.9. The van der Waals surface area contributed by atoms with Crippen LogP contribution in [0.5, 0.6) is 0 Å². The fraction of sp³-hybridized carbons (Fsp3) is 0.250. The second-order valence-electron chi connectivity index (χ2n) is 2.59. The second kappa shape index (κ2) is 4.80. The molecule has 76 valence electrons. The van der Waals surface area contributed by atoms with E-state index in [9.17, 15) is 9.59 Å². The molecule has 0 aromatic carbocycles. The van der Waals surface area contributed by atoms with E-state index in [1.54, 1.807) is 12.1 Å². The Labute approximate surface area is 88.2 Å². The van der Waals surface area contributed by atoms with Gasteiger partial charge < -0.3 is 14.8 Å². The smallest absolute Gasteiger partial charge is 0.326 e. The third-order valence-electron chi connectivity index (χ3n) is 1.60. The normalized spacial score (nSPS) is 12.1. The minimum atomic E-state index is -1.09. The summed E-state index contributed by atoms with van der Waals surface area (Å²) < 4.78 is 5.64. The molecular weight excluding hydrogens is 254 g/mol. The molecule has 2 N–H and O–H groups in total. The van der Waals surface area contributed by atoms with Gasteiger partial charge in [0.2, 0.25) is 6.41 Å². The molecule has 5 nitrogen and oxygen atoms in total. The Morgan fingerprint density at radius 1 is 1.71 bits per heavy atom. The number of nitrogens with one attached hydrogen (secondary N) is 1. The molecule has 0 saturated carbocycles. The third-order valence-corrected chi connectivity index (χ3v) is 2.03. The highest BCUT2D eigenvalue weighted by Crippen LogP contribution is 2.15. The zero-order valence-electron chi connectivity index (χ0n) is 7.07. The first-order valence-electron chi connectivity index (χ1n) is 3.80. The van der Waals surface area contributed by atoms with E-state index in [-0.39, 0.29) is 6.42 Å². The predicted octanol–water partition coefficient (Wildman–Crippen LogP) is 0.784. The number of carboxylic acids is 1. The molecule has 0 fully saturated rings. The Balaban J connectivity index is 2.64. The Hall–Kier alpha value is -1.30. The van der Waals surface area contributed by atoms with Gasteiger partial charge in [-0.25, -0.2) is 4.79 Å². The van der Waals surface area contributed by atoms with Gasteiger partial charge in [-0.1, -0.05) is 0 Å². The molecular formula is C8H8BrNO4. The molecule has 1 aromatic rings.